The number of carbonyl (C=O) groups excluding carboxylic acids is 1. The fraction of sp³-hybridized carbons (Fsp3) is 0.417. The third-order valence-corrected chi connectivity index (χ3v) is 3.56. The Hall–Kier alpha value is -0.190. The summed E-state index contributed by atoms with van der Waals surface area (Å²) in [5, 5.41) is 3.45. The number of halogens is 2. The van der Waals surface area contributed by atoms with E-state index in [0.717, 1.165) is 23.1 Å². The molecule has 0 atom stereocenters. The zero-order valence-electron chi connectivity index (χ0n) is 9.63. The number of nitrogens with one attached hydrogen (secondary N) is 1. The molecule has 0 radical (unpaired) electrons. The normalized spacial score (nSPS) is 10.3. The van der Waals surface area contributed by atoms with Crippen molar-refractivity contribution in [1.82, 2.24) is 5.32 Å². The molecule has 0 saturated heterocycles. The van der Waals surface area contributed by atoms with Crippen molar-refractivity contribution in [2.45, 2.75) is 12.8 Å². The third-order valence-electron chi connectivity index (χ3n) is 2.19. The Morgan fingerprint density at radius 3 is 2.82 bits per heavy atom. The SMILES string of the molecule is CSCCCCNC(=O)c1cc(Cl)cc(Br)c1. The Labute approximate surface area is 120 Å². The molecule has 0 unspecified atom stereocenters. The van der Waals surface area contributed by atoms with Crippen LogP contribution in [0.2, 0.25) is 5.02 Å². The molecule has 1 amide bonds. The van der Waals surface area contributed by atoms with Gasteiger partial charge in [-0.3, -0.25) is 4.79 Å². The van der Waals surface area contributed by atoms with Gasteiger partial charge in [0.1, 0.15) is 0 Å². The van der Waals surface area contributed by atoms with Crippen molar-refractivity contribution in [2.24, 2.45) is 0 Å². The van der Waals surface area contributed by atoms with Gasteiger partial charge in [-0.2, -0.15) is 11.8 Å². The molecule has 1 aromatic rings. The van der Waals surface area contributed by atoms with E-state index in [1.807, 2.05) is 11.8 Å². The zero-order chi connectivity index (χ0) is 12.7. The summed E-state index contributed by atoms with van der Waals surface area (Å²) in [5.41, 5.74) is 0.592. The number of thioether (sulfide) groups is 1. The van der Waals surface area contributed by atoms with Crippen LogP contribution >= 0.6 is 39.3 Å². The van der Waals surface area contributed by atoms with Gasteiger partial charge in [0.25, 0.3) is 5.91 Å². The van der Waals surface area contributed by atoms with E-state index in [9.17, 15) is 4.79 Å². The standard InChI is InChI=1S/C12H15BrClNOS/c1-17-5-3-2-4-15-12(16)9-6-10(13)8-11(14)7-9/h6-8H,2-5H2,1H3,(H,15,16). The molecule has 0 heterocycles. The van der Waals surface area contributed by atoms with Gasteiger partial charge in [-0.15, -0.1) is 0 Å². The van der Waals surface area contributed by atoms with Gasteiger partial charge in [-0.25, -0.2) is 0 Å². The van der Waals surface area contributed by atoms with Crippen LogP contribution in [0.1, 0.15) is 23.2 Å². The maximum absolute atomic E-state index is 11.8. The minimum absolute atomic E-state index is 0.0719. The average Bonchev–Trinajstić information content (AvgIpc) is 2.27. The lowest BCUT2D eigenvalue weighted by atomic mass is 10.2. The first-order valence-electron chi connectivity index (χ1n) is 5.36. The maximum atomic E-state index is 11.8. The van der Waals surface area contributed by atoms with E-state index in [1.165, 1.54) is 0 Å². The molecule has 0 fully saturated rings. The first-order chi connectivity index (χ1) is 8.13. The summed E-state index contributed by atoms with van der Waals surface area (Å²) in [6, 6.07) is 5.20. The van der Waals surface area contributed by atoms with E-state index in [-0.39, 0.29) is 5.91 Å². The maximum Gasteiger partial charge on any atom is 0.251 e. The molecule has 0 saturated carbocycles. The Morgan fingerprint density at radius 1 is 1.41 bits per heavy atom. The number of benzene rings is 1. The van der Waals surface area contributed by atoms with E-state index < -0.39 is 0 Å². The highest BCUT2D eigenvalue weighted by Crippen LogP contribution is 2.19. The van der Waals surface area contributed by atoms with Gasteiger partial charge in [0, 0.05) is 21.6 Å². The minimum atomic E-state index is -0.0719. The number of amides is 1. The first kappa shape index (κ1) is 14.9. The number of hydrogen-bond acceptors (Lipinski definition) is 2. The summed E-state index contributed by atoms with van der Waals surface area (Å²) in [6.07, 6.45) is 4.22. The van der Waals surface area contributed by atoms with Crippen LogP contribution in [-0.2, 0) is 0 Å². The van der Waals surface area contributed by atoms with Crippen LogP contribution in [-0.4, -0.2) is 24.5 Å². The van der Waals surface area contributed by atoms with Gasteiger partial charge >= 0.3 is 0 Å². The van der Waals surface area contributed by atoms with E-state index in [0.29, 0.717) is 17.1 Å². The molecule has 0 aromatic heterocycles. The second-order valence-electron chi connectivity index (χ2n) is 3.61. The van der Waals surface area contributed by atoms with Crippen molar-refractivity contribution in [3.8, 4) is 0 Å². The van der Waals surface area contributed by atoms with Crippen molar-refractivity contribution >= 4 is 45.2 Å². The smallest absolute Gasteiger partial charge is 0.251 e. The number of rotatable bonds is 6. The minimum Gasteiger partial charge on any atom is -0.352 e. The summed E-state index contributed by atoms with van der Waals surface area (Å²) in [4.78, 5) is 11.8. The van der Waals surface area contributed by atoms with E-state index in [1.54, 1.807) is 18.2 Å². The molecule has 2 nitrogen and oxygen atoms in total. The molecule has 1 N–H and O–H groups in total. The van der Waals surface area contributed by atoms with Crippen LogP contribution in [0.4, 0.5) is 0 Å². The predicted molar refractivity (Wildman–Crippen MR) is 79.1 cm³/mol. The van der Waals surface area contributed by atoms with E-state index in [4.69, 9.17) is 11.6 Å². The zero-order valence-corrected chi connectivity index (χ0v) is 12.8. The predicted octanol–water partition coefficient (Wildman–Crippen LogP) is 3.98. The molecule has 0 aliphatic rings. The van der Waals surface area contributed by atoms with Crippen molar-refractivity contribution in [3.05, 3.63) is 33.3 Å². The van der Waals surface area contributed by atoms with Crippen molar-refractivity contribution < 1.29 is 4.79 Å². The van der Waals surface area contributed by atoms with E-state index >= 15 is 0 Å². The monoisotopic (exact) mass is 335 g/mol. The summed E-state index contributed by atoms with van der Waals surface area (Å²) in [6.45, 7) is 0.712. The van der Waals surface area contributed by atoms with E-state index in [2.05, 4.69) is 27.5 Å². The first-order valence-corrected chi connectivity index (χ1v) is 7.93. The number of unbranched alkanes of at least 4 members (excludes halogenated alkanes) is 1. The van der Waals surface area contributed by atoms with Crippen molar-refractivity contribution in [3.63, 3.8) is 0 Å². The molecular formula is C12H15BrClNOS. The lowest BCUT2D eigenvalue weighted by Crippen LogP contribution is -2.24. The molecule has 0 bridgehead atoms. The van der Waals surface area contributed by atoms with Gasteiger partial charge in [0.05, 0.1) is 0 Å². The molecule has 17 heavy (non-hydrogen) atoms. The molecule has 94 valence electrons. The molecule has 0 aliphatic carbocycles. The Kier molecular flexibility index (Phi) is 7.00. The molecular weight excluding hydrogens is 322 g/mol. The van der Waals surface area contributed by atoms with Crippen molar-refractivity contribution in [2.75, 3.05) is 18.6 Å². The van der Waals surface area contributed by atoms with Crippen LogP contribution in [0.25, 0.3) is 0 Å². The van der Waals surface area contributed by atoms with Crippen LogP contribution in [0.5, 0.6) is 0 Å². The van der Waals surface area contributed by atoms with Crippen LogP contribution in [0.15, 0.2) is 22.7 Å². The largest absolute Gasteiger partial charge is 0.352 e. The van der Waals surface area contributed by atoms with Crippen LogP contribution in [0.3, 0.4) is 0 Å². The Morgan fingerprint density at radius 2 is 2.18 bits per heavy atom. The summed E-state index contributed by atoms with van der Waals surface area (Å²) < 4.78 is 0.817. The molecule has 0 spiro atoms. The van der Waals surface area contributed by atoms with Gasteiger partial charge in [0.15, 0.2) is 0 Å². The summed E-state index contributed by atoms with van der Waals surface area (Å²) in [7, 11) is 0. The average molecular weight is 337 g/mol. The summed E-state index contributed by atoms with van der Waals surface area (Å²) in [5.74, 6) is 1.07. The third kappa shape index (κ3) is 5.80. The molecule has 1 rings (SSSR count). The highest BCUT2D eigenvalue weighted by Gasteiger charge is 2.06. The Balaban J connectivity index is 2.41. The fourth-order valence-electron chi connectivity index (χ4n) is 1.36. The fourth-order valence-corrected chi connectivity index (χ4v) is 2.71. The molecule has 0 aliphatic heterocycles. The Bertz CT molecular complexity index is 367. The van der Waals surface area contributed by atoms with Gasteiger partial charge in [0.2, 0.25) is 0 Å². The van der Waals surface area contributed by atoms with Gasteiger partial charge in [-0.1, -0.05) is 27.5 Å². The quantitative estimate of drug-likeness (QED) is 0.796. The second-order valence-corrected chi connectivity index (χ2v) is 5.95. The molecule has 1 aromatic carbocycles. The summed E-state index contributed by atoms with van der Waals surface area (Å²) >= 11 is 11.0. The van der Waals surface area contributed by atoms with Crippen LogP contribution in [0, 0.1) is 0 Å². The van der Waals surface area contributed by atoms with Crippen molar-refractivity contribution in [1.29, 1.82) is 0 Å². The lowest BCUT2D eigenvalue weighted by molar-refractivity contribution is 0.0953. The van der Waals surface area contributed by atoms with Gasteiger partial charge < -0.3 is 5.32 Å². The lowest BCUT2D eigenvalue weighted by Gasteiger charge is -2.06. The highest BCUT2D eigenvalue weighted by atomic mass is 79.9. The number of hydrogen-bond donors (Lipinski definition) is 1. The topological polar surface area (TPSA) is 29.1 Å². The number of carbonyl (C=O) groups is 1. The van der Waals surface area contributed by atoms with Crippen LogP contribution < -0.4 is 5.32 Å². The second kappa shape index (κ2) is 8.01. The highest BCUT2D eigenvalue weighted by molar-refractivity contribution is 9.10. The van der Waals surface area contributed by atoms with Gasteiger partial charge in [-0.05, 0) is 43.0 Å². The molecule has 5 heteroatoms.